The summed E-state index contributed by atoms with van der Waals surface area (Å²) in [7, 11) is 1.49. The molecule has 0 radical (unpaired) electrons. The first kappa shape index (κ1) is 21.7. The summed E-state index contributed by atoms with van der Waals surface area (Å²) in [6.45, 7) is 12.8. The molecule has 2 aliphatic heterocycles. The van der Waals surface area contributed by atoms with Crippen molar-refractivity contribution in [2.75, 3.05) is 14.2 Å². The smallest absolute Gasteiger partial charge is 0.340 e. The number of methoxy groups -OCH3 is 2. The molecule has 0 fully saturated rings. The molecule has 5 nitrogen and oxygen atoms in total. The van der Waals surface area contributed by atoms with Crippen molar-refractivity contribution >= 4 is 20.0 Å². The van der Waals surface area contributed by atoms with Crippen LogP contribution >= 0.6 is 8.07 Å². The molecule has 0 saturated heterocycles. The minimum atomic E-state index is -1.23. The fourth-order valence-corrected chi connectivity index (χ4v) is 7.84. The molecular formula is C23H30NO4P. The first-order chi connectivity index (χ1) is 13.4. The zero-order chi connectivity index (χ0) is 21.8. The molecule has 6 heteroatoms. The van der Waals surface area contributed by atoms with Crippen molar-refractivity contribution in [3.05, 3.63) is 58.2 Å². The van der Waals surface area contributed by atoms with E-state index in [4.69, 9.17) is 9.47 Å². The minimum absolute atomic E-state index is 0.174. The van der Waals surface area contributed by atoms with Gasteiger partial charge in [0.05, 0.1) is 25.1 Å². The van der Waals surface area contributed by atoms with E-state index in [0.717, 1.165) is 5.56 Å². The number of hydrogen-bond acceptors (Lipinski definition) is 5. The Morgan fingerprint density at radius 1 is 0.931 bits per heavy atom. The summed E-state index contributed by atoms with van der Waals surface area (Å²) in [5.74, 6) is -0.948. The van der Waals surface area contributed by atoms with E-state index in [1.165, 1.54) is 19.5 Å². The molecule has 1 aromatic rings. The molecule has 3 rings (SSSR count). The topological polar surface area (TPSA) is 55.8 Å². The average Bonchev–Trinajstić information content (AvgIpc) is 3.17. The second kappa shape index (κ2) is 7.07. The van der Waals surface area contributed by atoms with E-state index in [1.807, 2.05) is 30.3 Å². The number of benzene rings is 1. The van der Waals surface area contributed by atoms with Crippen molar-refractivity contribution in [3.8, 4) is 0 Å². The molecule has 2 aliphatic rings. The first-order valence-corrected chi connectivity index (χ1v) is 11.0. The summed E-state index contributed by atoms with van der Waals surface area (Å²) >= 11 is 0. The van der Waals surface area contributed by atoms with Gasteiger partial charge in [-0.15, -0.1) is 0 Å². The normalized spacial score (nSPS) is 24.6. The fourth-order valence-electron chi connectivity index (χ4n) is 4.32. The quantitative estimate of drug-likeness (QED) is 0.517. The highest BCUT2D eigenvalue weighted by molar-refractivity contribution is 7.66. The summed E-state index contributed by atoms with van der Waals surface area (Å²) in [6, 6.07) is 9.89. The van der Waals surface area contributed by atoms with Crippen LogP contribution in [-0.4, -0.2) is 36.4 Å². The van der Waals surface area contributed by atoms with E-state index < -0.39 is 25.5 Å². The standard InChI is InChI=1S/C23H30NO4P/c1-21(2,3)16-14-23(15-12-10-9-11-13-15)17(19(25)27-7)18(20(26)28-8)29(16)24(23)22(4,5)6/h9-14H,1-8H3/t23-,29?/m1/s1. The van der Waals surface area contributed by atoms with Crippen LogP contribution < -0.4 is 0 Å². The zero-order valence-corrected chi connectivity index (χ0v) is 19.4. The lowest BCUT2D eigenvalue weighted by Gasteiger charge is -2.45. The molecule has 0 N–H and O–H groups in total. The Labute approximate surface area is 174 Å². The van der Waals surface area contributed by atoms with Gasteiger partial charge in [0.2, 0.25) is 0 Å². The minimum Gasteiger partial charge on any atom is -0.466 e. The summed E-state index contributed by atoms with van der Waals surface area (Å²) < 4.78 is 12.7. The van der Waals surface area contributed by atoms with Crippen molar-refractivity contribution < 1.29 is 19.1 Å². The number of allylic oxidation sites excluding steroid dienone is 1. The number of carbonyl (C=O) groups is 2. The van der Waals surface area contributed by atoms with Crippen molar-refractivity contribution in [2.45, 2.75) is 52.6 Å². The van der Waals surface area contributed by atoms with E-state index >= 15 is 0 Å². The Kier molecular flexibility index (Phi) is 5.30. The van der Waals surface area contributed by atoms with Crippen LogP contribution in [-0.2, 0) is 24.6 Å². The molecule has 0 aliphatic carbocycles. The van der Waals surface area contributed by atoms with E-state index in [1.54, 1.807) is 0 Å². The van der Waals surface area contributed by atoms with Gasteiger partial charge in [0.25, 0.3) is 0 Å². The van der Waals surface area contributed by atoms with Crippen LogP contribution in [0.25, 0.3) is 0 Å². The number of nitrogens with zero attached hydrogens (tertiary/aromatic N) is 1. The van der Waals surface area contributed by atoms with E-state index in [2.05, 4.69) is 52.3 Å². The SMILES string of the molecule is COC(=O)C1=C(C(=O)OC)[C@]2(c3ccccc3)C=C(C(C)(C)C)P1N2C(C)(C)C. The van der Waals surface area contributed by atoms with Gasteiger partial charge >= 0.3 is 11.9 Å². The maximum atomic E-state index is 13.1. The number of ether oxygens (including phenoxy) is 2. The number of rotatable bonds is 3. The third-order valence-corrected chi connectivity index (χ3v) is 8.73. The fraction of sp³-hybridized carbons (Fsp3) is 0.478. The number of esters is 2. The average molecular weight is 415 g/mol. The molecule has 0 aromatic heterocycles. The van der Waals surface area contributed by atoms with Gasteiger partial charge in [0.1, 0.15) is 5.54 Å². The second-order valence-corrected chi connectivity index (χ2v) is 11.4. The molecule has 2 bridgehead atoms. The number of carbonyl (C=O) groups excluding carboxylic acids is 2. The zero-order valence-electron chi connectivity index (χ0n) is 18.5. The van der Waals surface area contributed by atoms with Crippen LogP contribution in [0.1, 0.15) is 47.1 Å². The maximum Gasteiger partial charge on any atom is 0.340 e. The van der Waals surface area contributed by atoms with Crippen molar-refractivity contribution in [2.24, 2.45) is 5.41 Å². The monoisotopic (exact) mass is 415 g/mol. The van der Waals surface area contributed by atoms with E-state index in [0.29, 0.717) is 10.9 Å². The summed E-state index contributed by atoms with van der Waals surface area (Å²) in [4.78, 5) is 26.1. The summed E-state index contributed by atoms with van der Waals surface area (Å²) in [5, 5.41) is 1.61. The lowest BCUT2D eigenvalue weighted by atomic mass is 9.77. The molecule has 0 saturated carbocycles. The first-order valence-electron chi connectivity index (χ1n) is 9.72. The highest BCUT2D eigenvalue weighted by Gasteiger charge is 2.65. The highest BCUT2D eigenvalue weighted by Crippen LogP contribution is 2.78. The molecule has 2 atom stereocenters. The molecular weight excluding hydrogens is 385 g/mol. The Morgan fingerprint density at radius 3 is 1.93 bits per heavy atom. The summed E-state index contributed by atoms with van der Waals surface area (Å²) in [6.07, 6.45) is 2.19. The lowest BCUT2D eigenvalue weighted by Crippen LogP contribution is -2.48. The van der Waals surface area contributed by atoms with Gasteiger partial charge in [-0.05, 0) is 43.1 Å². The predicted octanol–water partition coefficient (Wildman–Crippen LogP) is 4.94. The highest BCUT2D eigenvalue weighted by atomic mass is 31.1. The van der Waals surface area contributed by atoms with Gasteiger partial charge < -0.3 is 9.47 Å². The molecule has 0 spiro atoms. The Balaban J connectivity index is 2.47. The van der Waals surface area contributed by atoms with Crippen LogP contribution in [0.3, 0.4) is 0 Å². The largest absolute Gasteiger partial charge is 0.466 e. The van der Waals surface area contributed by atoms with E-state index in [-0.39, 0.29) is 11.0 Å². The van der Waals surface area contributed by atoms with Crippen LogP contribution in [0.4, 0.5) is 0 Å². The van der Waals surface area contributed by atoms with Gasteiger partial charge in [-0.3, -0.25) is 4.67 Å². The van der Waals surface area contributed by atoms with Gasteiger partial charge in [-0.1, -0.05) is 51.1 Å². The molecule has 156 valence electrons. The van der Waals surface area contributed by atoms with Crippen LogP contribution in [0, 0.1) is 5.41 Å². The van der Waals surface area contributed by atoms with Gasteiger partial charge in [0, 0.05) is 13.6 Å². The second-order valence-electron chi connectivity index (χ2n) is 9.41. The van der Waals surface area contributed by atoms with Gasteiger partial charge in [0.15, 0.2) is 0 Å². The molecule has 0 amide bonds. The molecule has 1 unspecified atom stereocenters. The third kappa shape index (κ3) is 3.15. The van der Waals surface area contributed by atoms with Crippen LogP contribution in [0.2, 0.25) is 0 Å². The van der Waals surface area contributed by atoms with Gasteiger partial charge in [-0.2, -0.15) is 0 Å². The van der Waals surface area contributed by atoms with Crippen LogP contribution in [0.5, 0.6) is 0 Å². The number of hydrogen-bond donors (Lipinski definition) is 0. The lowest BCUT2D eigenvalue weighted by molar-refractivity contribution is -0.139. The van der Waals surface area contributed by atoms with Crippen LogP contribution in [0.15, 0.2) is 52.6 Å². The molecule has 1 aromatic carbocycles. The van der Waals surface area contributed by atoms with Crippen molar-refractivity contribution in [1.29, 1.82) is 0 Å². The predicted molar refractivity (Wildman–Crippen MR) is 115 cm³/mol. The van der Waals surface area contributed by atoms with Crippen molar-refractivity contribution in [3.63, 3.8) is 0 Å². The maximum absolute atomic E-state index is 13.1. The Hall–Kier alpha value is -1.97. The number of fused-ring (bicyclic) bond motifs is 2. The third-order valence-electron chi connectivity index (χ3n) is 5.32. The molecule has 29 heavy (non-hydrogen) atoms. The van der Waals surface area contributed by atoms with Gasteiger partial charge in [-0.25, -0.2) is 9.59 Å². The van der Waals surface area contributed by atoms with Crippen molar-refractivity contribution in [1.82, 2.24) is 4.67 Å². The Bertz CT molecular complexity index is 905. The molecule has 2 heterocycles. The Morgan fingerprint density at radius 2 is 1.48 bits per heavy atom. The summed E-state index contributed by atoms with van der Waals surface area (Å²) in [5.41, 5.74) is -0.0370. The van der Waals surface area contributed by atoms with E-state index in [9.17, 15) is 9.59 Å².